The number of oxime groups is 1. The van der Waals surface area contributed by atoms with E-state index in [1.807, 2.05) is 12.1 Å². The van der Waals surface area contributed by atoms with Crippen LogP contribution in [0.1, 0.15) is 18.1 Å². The van der Waals surface area contributed by atoms with Gasteiger partial charge < -0.3 is 0 Å². The number of hydrogen-bond donors (Lipinski definition) is 1. The summed E-state index contributed by atoms with van der Waals surface area (Å²) in [6, 6.07) is 21.5. The van der Waals surface area contributed by atoms with Crippen LogP contribution in [0.4, 0.5) is 14.9 Å². The lowest BCUT2D eigenvalue weighted by molar-refractivity contribution is 0.167. The van der Waals surface area contributed by atoms with Crippen molar-refractivity contribution < 1.29 is 14.0 Å². The summed E-state index contributed by atoms with van der Waals surface area (Å²) in [4.78, 5) is 16.5. The van der Waals surface area contributed by atoms with Gasteiger partial charge in [-0.2, -0.15) is 0 Å². The van der Waals surface area contributed by atoms with Gasteiger partial charge in [-0.3, -0.25) is 10.2 Å². The first-order chi connectivity index (χ1) is 13.1. The average molecular weight is 362 g/mol. The molecule has 0 aliphatic rings. The van der Waals surface area contributed by atoms with Crippen molar-refractivity contribution in [2.45, 2.75) is 13.3 Å². The molecule has 3 rings (SSSR count). The van der Waals surface area contributed by atoms with Gasteiger partial charge >= 0.3 is 6.09 Å². The molecular weight excluding hydrogens is 343 g/mol. The number of halogens is 1. The van der Waals surface area contributed by atoms with Crippen molar-refractivity contribution in [2.24, 2.45) is 5.16 Å². The van der Waals surface area contributed by atoms with Gasteiger partial charge in [0.15, 0.2) is 0 Å². The first-order valence-corrected chi connectivity index (χ1v) is 8.60. The molecule has 0 aliphatic heterocycles. The summed E-state index contributed by atoms with van der Waals surface area (Å²) in [5.74, 6) is -0.337. The highest BCUT2D eigenvalue weighted by molar-refractivity contribution is 5.86. The van der Waals surface area contributed by atoms with Crippen molar-refractivity contribution in [3.8, 4) is 11.1 Å². The Kier molecular flexibility index (Phi) is 5.94. The van der Waals surface area contributed by atoms with Crippen LogP contribution in [0.3, 0.4) is 0 Å². The predicted molar refractivity (Wildman–Crippen MR) is 105 cm³/mol. The third-order valence-corrected chi connectivity index (χ3v) is 4.03. The molecular formula is C22H19FN2O2. The minimum atomic E-state index is -0.701. The Hall–Kier alpha value is -3.47. The van der Waals surface area contributed by atoms with E-state index >= 15 is 0 Å². The Bertz CT molecular complexity index is 918. The zero-order chi connectivity index (χ0) is 19.1. The fraction of sp³-hybridized carbons (Fsp3) is 0.0909. The fourth-order valence-corrected chi connectivity index (χ4v) is 2.50. The van der Waals surface area contributed by atoms with Crippen molar-refractivity contribution in [3.05, 3.63) is 89.7 Å². The van der Waals surface area contributed by atoms with E-state index in [-0.39, 0.29) is 5.82 Å². The molecule has 0 heterocycles. The van der Waals surface area contributed by atoms with Gasteiger partial charge in [0, 0.05) is 5.69 Å². The van der Waals surface area contributed by atoms with E-state index in [1.54, 1.807) is 12.1 Å². The van der Waals surface area contributed by atoms with Crippen molar-refractivity contribution in [1.82, 2.24) is 0 Å². The maximum atomic E-state index is 12.8. The Balaban J connectivity index is 1.55. The van der Waals surface area contributed by atoms with Crippen LogP contribution in [0, 0.1) is 5.82 Å². The number of nitrogens with zero attached hydrogens (tertiary/aromatic N) is 1. The molecule has 0 aromatic heterocycles. The number of aryl methyl sites for hydroxylation is 1. The largest absolute Gasteiger partial charge is 0.437 e. The second kappa shape index (κ2) is 8.76. The molecule has 1 N–H and O–H groups in total. The van der Waals surface area contributed by atoms with E-state index in [2.05, 4.69) is 41.7 Å². The van der Waals surface area contributed by atoms with Crippen LogP contribution >= 0.6 is 0 Å². The highest BCUT2D eigenvalue weighted by Crippen LogP contribution is 2.22. The maximum Gasteiger partial charge on any atom is 0.437 e. The first-order valence-electron chi connectivity index (χ1n) is 8.60. The molecule has 0 atom stereocenters. The summed E-state index contributed by atoms with van der Waals surface area (Å²) in [7, 11) is 0. The molecule has 0 spiro atoms. The van der Waals surface area contributed by atoms with Crippen LogP contribution in [0.2, 0.25) is 0 Å². The Morgan fingerprint density at radius 2 is 1.56 bits per heavy atom. The fourth-order valence-electron chi connectivity index (χ4n) is 2.50. The zero-order valence-corrected chi connectivity index (χ0v) is 14.9. The number of nitrogens with one attached hydrogen (secondary N) is 1. The molecule has 0 radical (unpaired) electrons. The van der Waals surface area contributed by atoms with E-state index in [0.717, 1.165) is 17.5 Å². The van der Waals surface area contributed by atoms with Crippen molar-refractivity contribution in [3.63, 3.8) is 0 Å². The lowest BCUT2D eigenvalue weighted by Crippen LogP contribution is -2.10. The molecule has 0 aliphatic carbocycles. The van der Waals surface area contributed by atoms with Crippen LogP contribution in [0.15, 0.2) is 78.0 Å². The maximum absolute atomic E-state index is 12.8. The summed E-state index contributed by atoms with van der Waals surface area (Å²) < 4.78 is 12.8. The molecule has 0 unspecified atom stereocenters. The van der Waals surface area contributed by atoms with Gasteiger partial charge in [-0.25, -0.2) is 9.18 Å². The van der Waals surface area contributed by atoms with Gasteiger partial charge in [0.1, 0.15) is 5.82 Å². The number of benzene rings is 3. The van der Waals surface area contributed by atoms with Gasteiger partial charge in [0.2, 0.25) is 0 Å². The minimum absolute atomic E-state index is 0.337. The third kappa shape index (κ3) is 5.25. The summed E-state index contributed by atoms with van der Waals surface area (Å²) in [5, 5.41) is 6.19. The number of carbonyl (C=O) groups excluding carboxylic acids is 1. The summed E-state index contributed by atoms with van der Waals surface area (Å²) >= 11 is 0. The van der Waals surface area contributed by atoms with Crippen LogP contribution in [-0.4, -0.2) is 12.3 Å². The zero-order valence-electron chi connectivity index (χ0n) is 14.9. The van der Waals surface area contributed by atoms with E-state index < -0.39 is 6.09 Å². The molecule has 3 aromatic rings. The number of anilines is 1. The molecule has 1 amide bonds. The Morgan fingerprint density at radius 3 is 2.15 bits per heavy atom. The van der Waals surface area contributed by atoms with Crippen LogP contribution in [0.5, 0.6) is 0 Å². The normalized spacial score (nSPS) is 10.7. The lowest BCUT2D eigenvalue weighted by atomic mass is 10.0. The second-order valence-corrected chi connectivity index (χ2v) is 5.92. The minimum Gasteiger partial charge on any atom is -0.298 e. The standard InChI is InChI=1S/C22H19FN2O2/c1-2-16-3-7-18(8-4-16)19-9-13-21(14-10-19)25-22(26)27-24-15-17-5-11-20(23)12-6-17/h3-15H,2H2,1H3,(H,25,26)/b24-15+. The molecule has 0 saturated heterocycles. The summed E-state index contributed by atoms with van der Waals surface area (Å²) in [5.41, 5.74) is 4.70. The van der Waals surface area contributed by atoms with Gasteiger partial charge in [-0.1, -0.05) is 60.6 Å². The molecule has 4 nitrogen and oxygen atoms in total. The van der Waals surface area contributed by atoms with Crippen LogP contribution in [0.25, 0.3) is 11.1 Å². The quantitative estimate of drug-likeness (QED) is 0.363. The SMILES string of the molecule is CCc1ccc(-c2ccc(NC(=O)O/N=C/c3ccc(F)cc3)cc2)cc1. The monoisotopic (exact) mass is 362 g/mol. The topological polar surface area (TPSA) is 50.7 Å². The van der Waals surface area contributed by atoms with Crippen molar-refractivity contribution in [2.75, 3.05) is 5.32 Å². The van der Waals surface area contributed by atoms with E-state index in [0.29, 0.717) is 11.3 Å². The van der Waals surface area contributed by atoms with E-state index in [1.165, 1.54) is 36.0 Å². The van der Waals surface area contributed by atoms with Gasteiger partial charge in [0.25, 0.3) is 0 Å². The van der Waals surface area contributed by atoms with Gasteiger partial charge in [-0.05, 0) is 52.9 Å². The summed E-state index contributed by atoms with van der Waals surface area (Å²) in [6.45, 7) is 2.12. The molecule has 0 bridgehead atoms. The molecule has 27 heavy (non-hydrogen) atoms. The number of amides is 1. The highest BCUT2D eigenvalue weighted by Gasteiger charge is 2.04. The Morgan fingerprint density at radius 1 is 0.963 bits per heavy atom. The average Bonchev–Trinajstić information content (AvgIpc) is 2.70. The molecule has 0 saturated carbocycles. The molecule has 3 aromatic carbocycles. The van der Waals surface area contributed by atoms with Gasteiger partial charge in [0.05, 0.1) is 6.21 Å². The number of hydrogen-bond acceptors (Lipinski definition) is 3. The molecule has 136 valence electrons. The van der Waals surface area contributed by atoms with E-state index in [9.17, 15) is 9.18 Å². The van der Waals surface area contributed by atoms with Crippen LogP contribution in [-0.2, 0) is 11.3 Å². The van der Waals surface area contributed by atoms with E-state index in [4.69, 9.17) is 4.84 Å². The summed E-state index contributed by atoms with van der Waals surface area (Å²) in [6.07, 6.45) is 1.64. The predicted octanol–water partition coefficient (Wildman–Crippen LogP) is 5.64. The third-order valence-electron chi connectivity index (χ3n) is 4.03. The number of rotatable bonds is 5. The van der Waals surface area contributed by atoms with Crippen molar-refractivity contribution >= 4 is 18.0 Å². The van der Waals surface area contributed by atoms with Crippen molar-refractivity contribution in [1.29, 1.82) is 0 Å². The molecule has 0 fully saturated rings. The second-order valence-electron chi connectivity index (χ2n) is 5.92. The molecule has 5 heteroatoms. The van der Waals surface area contributed by atoms with Crippen LogP contribution < -0.4 is 5.32 Å². The lowest BCUT2D eigenvalue weighted by Gasteiger charge is -2.06. The highest BCUT2D eigenvalue weighted by atomic mass is 19.1. The Labute approximate surface area is 157 Å². The smallest absolute Gasteiger partial charge is 0.298 e. The first kappa shape index (κ1) is 18.3. The van der Waals surface area contributed by atoms with Gasteiger partial charge in [-0.15, -0.1) is 0 Å². The number of carbonyl (C=O) groups is 1.